The smallest absolute Gasteiger partial charge is 0.262 e. The Hall–Kier alpha value is -1.64. The number of likely N-dealkylation sites (N-methyl/N-ethyl adjacent to an activating group) is 1. The summed E-state index contributed by atoms with van der Waals surface area (Å²) in [6, 6.07) is 11.4. The Bertz CT molecular complexity index is 906. The predicted octanol–water partition coefficient (Wildman–Crippen LogP) is 4.18. The maximum absolute atomic E-state index is 13.3. The van der Waals surface area contributed by atoms with Crippen LogP contribution in [0.15, 0.2) is 45.9 Å². The Balaban J connectivity index is 2.22. The summed E-state index contributed by atoms with van der Waals surface area (Å²) in [5.74, 6) is 0.255. The molecule has 8 heteroatoms. The zero-order chi connectivity index (χ0) is 19.6. The molecule has 1 atom stereocenters. The van der Waals surface area contributed by atoms with Gasteiger partial charge < -0.3 is 9.64 Å². The number of pyridine rings is 1. The van der Waals surface area contributed by atoms with Crippen LogP contribution in [0.3, 0.4) is 0 Å². The lowest BCUT2D eigenvalue weighted by molar-refractivity contribution is 0.350. The van der Waals surface area contributed by atoms with E-state index in [2.05, 4.69) is 27.8 Å². The highest BCUT2D eigenvalue weighted by molar-refractivity contribution is 9.10. The van der Waals surface area contributed by atoms with Gasteiger partial charge in [-0.3, -0.25) is 0 Å². The summed E-state index contributed by atoms with van der Waals surface area (Å²) in [5.41, 5.74) is 1.49. The topological polar surface area (TPSA) is 62.7 Å². The van der Waals surface area contributed by atoms with Crippen molar-refractivity contribution in [2.75, 3.05) is 25.6 Å². The van der Waals surface area contributed by atoms with Crippen molar-refractivity contribution in [2.45, 2.75) is 37.3 Å². The quantitative estimate of drug-likeness (QED) is 0.678. The number of nitrogens with zero attached hydrogens (tertiary/aromatic N) is 3. The lowest BCUT2D eigenvalue weighted by Gasteiger charge is -2.29. The van der Waals surface area contributed by atoms with E-state index >= 15 is 0 Å². The van der Waals surface area contributed by atoms with Crippen molar-refractivity contribution in [1.82, 2.24) is 9.29 Å². The molecule has 0 bridgehead atoms. The van der Waals surface area contributed by atoms with Crippen molar-refractivity contribution in [3.63, 3.8) is 0 Å². The summed E-state index contributed by atoms with van der Waals surface area (Å²) in [7, 11) is -0.627. The Morgan fingerprint density at radius 2 is 2.00 bits per heavy atom. The van der Waals surface area contributed by atoms with E-state index < -0.39 is 10.0 Å². The van der Waals surface area contributed by atoms with Crippen molar-refractivity contribution in [3.8, 4) is 5.88 Å². The largest absolute Gasteiger partial charge is 0.480 e. The molecule has 0 aliphatic carbocycles. The summed E-state index contributed by atoms with van der Waals surface area (Å²) in [6.45, 7) is 2.67. The number of benzene rings is 1. The third-order valence-electron chi connectivity index (χ3n) is 4.86. The first-order valence-electron chi connectivity index (χ1n) is 8.95. The molecule has 0 amide bonds. The summed E-state index contributed by atoms with van der Waals surface area (Å²) >= 11 is 3.45. The number of hydrogen-bond acceptors (Lipinski definition) is 5. The molecule has 1 aromatic heterocycles. The molecule has 0 saturated carbocycles. The monoisotopic (exact) mass is 453 g/mol. The van der Waals surface area contributed by atoms with E-state index in [1.807, 2.05) is 35.2 Å². The van der Waals surface area contributed by atoms with Gasteiger partial charge in [0.2, 0.25) is 5.88 Å². The highest BCUT2D eigenvalue weighted by atomic mass is 79.9. The number of fused-ring (bicyclic) bond motifs is 1. The molecule has 1 aliphatic heterocycles. The third-order valence-corrected chi connectivity index (χ3v) is 7.28. The van der Waals surface area contributed by atoms with Gasteiger partial charge in [0.05, 0.1) is 17.3 Å². The molecule has 0 spiro atoms. The van der Waals surface area contributed by atoms with Crippen LogP contribution in [0, 0.1) is 0 Å². The average Bonchev–Trinajstić information content (AvgIpc) is 2.74. The summed E-state index contributed by atoms with van der Waals surface area (Å²) in [4.78, 5) is 6.38. The zero-order valence-electron chi connectivity index (χ0n) is 15.7. The molecule has 0 radical (unpaired) electrons. The van der Waals surface area contributed by atoms with Crippen molar-refractivity contribution in [3.05, 3.63) is 40.9 Å². The molecule has 146 valence electrons. The number of unbranched alkanes of at least 4 members (excludes halogenated alkanes) is 1. The maximum atomic E-state index is 13.3. The molecule has 1 unspecified atom stereocenters. The van der Waals surface area contributed by atoms with Crippen molar-refractivity contribution in [1.29, 1.82) is 0 Å². The Kier molecular flexibility index (Phi) is 6.08. The van der Waals surface area contributed by atoms with Crippen molar-refractivity contribution < 1.29 is 13.2 Å². The minimum Gasteiger partial charge on any atom is -0.480 e. The fourth-order valence-electron chi connectivity index (χ4n) is 3.29. The first-order valence-corrected chi connectivity index (χ1v) is 11.2. The molecule has 0 N–H and O–H groups in total. The number of ether oxygens (including phenoxy) is 1. The Labute approximate surface area is 169 Å². The van der Waals surface area contributed by atoms with Gasteiger partial charge in [0, 0.05) is 25.3 Å². The van der Waals surface area contributed by atoms with Gasteiger partial charge in [-0.05, 0) is 40.5 Å². The van der Waals surface area contributed by atoms with Crippen LogP contribution in [0.25, 0.3) is 0 Å². The van der Waals surface area contributed by atoms with E-state index in [1.54, 1.807) is 13.1 Å². The summed E-state index contributed by atoms with van der Waals surface area (Å²) in [6.07, 6.45) is 2.77. The first kappa shape index (κ1) is 20.1. The van der Waals surface area contributed by atoms with Crippen molar-refractivity contribution in [2.24, 2.45) is 0 Å². The van der Waals surface area contributed by atoms with Gasteiger partial charge >= 0.3 is 0 Å². The van der Waals surface area contributed by atoms with Gasteiger partial charge in [-0.1, -0.05) is 38.0 Å². The molecule has 3 rings (SSSR count). The minimum atomic E-state index is -3.75. The van der Waals surface area contributed by atoms with Crippen LogP contribution >= 0.6 is 15.9 Å². The highest BCUT2D eigenvalue weighted by Gasteiger charge is 2.38. The van der Waals surface area contributed by atoms with Crippen LogP contribution < -0.4 is 9.64 Å². The second-order valence-electron chi connectivity index (χ2n) is 6.57. The van der Waals surface area contributed by atoms with Crippen LogP contribution in [0.2, 0.25) is 0 Å². The van der Waals surface area contributed by atoms with E-state index in [1.165, 1.54) is 11.4 Å². The van der Waals surface area contributed by atoms with Crippen LogP contribution in [0.1, 0.15) is 26.2 Å². The number of anilines is 2. The second-order valence-corrected chi connectivity index (χ2v) is 9.33. The average molecular weight is 454 g/mol. The van der Waals surface area contributed by atoms with Crippen molar-refractivity contribution >= 4 is 37.3 Å². The van der Waals surface area contributed by atoms with Gasteiger partial charge in [0.15, 0.2) is 5.03 Å². The zero-order valence-corrected chi connectivity index (χ0v) is 18.1. The van der Waals surface area contributed by atoms with Crippen LogP contribution in [0.5, 0.6) is 5.88 Å². The number of para-hydroxylation sites is 1. The van der Waals surface area contributed by atoms with Crippen LogP contribution in [0.4, 0.5) is 11.4 Å². The molecule has 6 nitrogen and oxygen atoms in total. The number of sulfonamides is 1. The third kappa shape index (κ3) is 3.83. The fraction of sp³-hybridized carbons (Fsp3) is 0.421. The Morgan fingerprint density at radius 3 is 2.63 bits per heavy atom. The lowest BCUT2D eigenvalue weighted by Crippen LogP contribution is -2.40. The van der Waals surface area contributed by atoms with Crippen LogP contribution in [-0.2, 0) is 10.0 Å². The van der Waals surface area contributed by atoms with Crippen LogP contribution in [-0.4, -0.2) is 44.5 Å². The first-order chi connectivity index (χ1) is 12.9. The standard InChI is InChI=1S/C19H24BrN3O3S/c1-4-5-9-15-13-23(14-10-7-6-8-11-14)17-12-16(20)18(26-3)21-19(17)27(24,25)22(15)2/h6-8,10-12,15H,4-5,9,13H2,1-3H3. The minimum absolute atomic E-state index is 0.0212. The van der Waals surface area contributed by atoms with Gasteiger partial charge in [-0.2, -0.15) is 9.29 Å². The van der Waals surface area contributed by atoms with Gasteiger partial charge in [0.1, 0.15) is 0 Å². The summed E-state index contributed by atoms with van der Waals surface area (Å²) in [5, 5.41) is 0.0212. The number of halogens is 1. The SMILES string of the molecule is CCCCC1CN(c2ccccc2)c2cc(Br)c(OC)nc2S(=O)(=O)N1C. The molecule has 0 saturated heterocycles. The van der Waals surface area contributed by atoms with Gasteiger partial charge in [-0.25, -0.2) is 8.42 Å². The molecule has 2 heterocycles. The van der Waals surface area contributed by atoms with E-state index in [4.69, 9.17) is 4.74 Å². The van der Waals surface area contributed by atoms with Gasteiger partial charge in [-0.15, -0.1) is 0 Å². The highest BCUT2D eigenvalue weighted by Crippen LogP contribution is 2.40. The molecule has 27 heavy (non-hydrogen) atoms. The normalized spacial score (nSPS) is 19.4. The number of rotatable bonds is 5. The molecular weight excluding hydrogens is 430 g/mol. The second kappa shape index (κ2) is 8.16. The van der Waals surface area contributed by atoms with E-state index in [9.17, 15) is 8.42 Å². The molecular formula is C19H24BrN3O3S. The maximum Gasteiger partial charge on any atom is 0.262 e. The van der Waals surface area contributed by atoms with E-state index in [-0.39, 0.29) is 16.9 Å². The predicted molar refractivity (Wildman–Crippen MR) is 110 cm³/mol. The van der Waals surface area contributed by atoms with Gasteiger partial charge in [0.25, 0.3) is 10.0 Å². The number of hydrogen-bond donors (Lipinski definition) is 0. The summed E-state index contributed by atoms with van der Waals surface area (Å²) < 4.78 is 34.0. The lowest BCUT2D eigenvalue weighted by atomic mass is 10.1. The number of methoxy groups -OCH3 is 1. The molecule has 0 fully saturated rings. The fourth-order valence-corrected chi connectivity index (χ4v) is 5.23. The molecule has 2 aromatic rings. The van der Waals surface area contributed by atoms with E-state index in [0.717, 1.165) is 24.9 Å². The number of aromatic nitrogens is 1. The Morgan fingerprint density at radius 1 is 1.30 bits per heavy atom. The van der Waals surface area contributed by atoms with E-state index in [0.29, 0.717) is 16.7 Å². The molecule has 1 aromatic carbocycles. The molecule has 1 aliphatic rings.